The Balaban J connectivity index is 1.13. The van der Waals surface area contributed by atoms with Gasteiger partial charge in [-0.3, -0.25) is 0 Å². The summed E-state index contributed by atoms with van der Waals surface area (Å²) < 4.78 is 91.6. The lowest BCUT2D eigenvalue weighted by molar-refractivity contribution is -0.153. The quantitative estimate of drug-likeness (QED) is 0.172. The Hall–Kier alpha value is -6.06. The highest BCUT2D eigenvalue weighted by Gasteiger charge is 2.36. The van der Waals surface area contributed by atoms with Crippen molar-refractivity contribution in [2.75, 3.05) is 46.6 Å². The zero-order valence-corrected chi connectivity index (χ0v) is 31.1. The smallest absolute Gasteiger partial charge is 0.436 e. The van der Waals surface area contributed by atoms with E-state index in [4.69, 9.17) is 18.8 Å². The maximum absolute atomic E-state index is 13.5. The summed E-state index contributed by atoms with van der Waals surface area (Å²) in [7, 11) is 0. The standard InChI is InChI=1S/C42H38F6N8O2/c43-41(44,45)35-11-13-37(57-35)51-33-22-26(55-15-3-1-4-16-55)7-9-28(33)31-20-25-19-30-39(53-31)49-24-50-40(30)54-32(21-25)29-10-8-27(56-17-5-2-6-18-56)23-34(29)52-38-14-12-36(58-38)42(46,47)48/h7-14,20-24,30,51-52H,1-6,15-19H2. The number of allylic oxidation sites excluding steroid dienone is 3. The summed E-state index contributed by atoms with van der Waals surface area (Å²) in [5.41, 5.74) is 5.86. The predicted octanol–water partition coefficient (Wildman–Crippen LogP) is 11.0. The first-order chi connectivity index (χ1) is 27.9. The molecule has 5 aliphatic rings. The Bertz CT molecular complexity index is 2290. The summed E-state index contributed by atoms with van der Waals surface area (Å²) in [6.07, 6.45) is 2.73. The molecule has 7 heterocycles. The lowest BCUT2D eigenvalue weighted by Crippen LogP contribution is -2.29. The normalized spacial score (nSPS) is 19.7. The van der Waals surface area contributed by atoms with Crippen LogP contribution in [-0.2, 0) is 12.4 Å². The SMILES string of the molecule is FC(F)(F)c1ccc(Nc2cc(N3CCCCC3)ccc2C2=CC3=CC(c4ccc(N5CCCCC5)cc4Nc4ccc(C(F)(F)F)o4)=NC4=NC=NC(=N2)C4C3)o1. The summed E-state index contributed by atoms with van der Waals surface area (Å²) in [5, 5.41) is 6.20. The maximum Gasteiger partial charge on any atom is 0.449 e. The van der Waals surface area contributed by atoms with Gasteiger partial charge in [0.25, 0.3) is 0 Å². The molecule has 0 aliphatic carbocycles. The minimum atomic E-state index is -4.65. The van der Waals surface area contributed by atoms with Gasteiger partial charge in [-0.2, -0.15) is 26.3 Å². The summed E-state index contributed by atoms with van der Waals surface area (Å²) in [4.78, 5) is 23.6. The molecule has 0 radical (unpaired) electrons. The van der Waals surface area contributed by atoms with Gasteiger partial charge in [-0.1, -0.05) is 0 Å². The summed E-state index contributed by atoms with van der Waals surface area (Å²) in [6, 6.07) is 15.8. The number of benzene rings is 2. The molecule has 10 nitrogen and oxygen atoms in total. The Kier molecular flexibility index (Phi) is 9.72. The number of hydrogen-bond acceptors (Lipinski definition) is 10. The van der Waals surface area contributed by atoms with Crippen molar-refractivity contribution in [3.8, 4) is 0 Å². The van der Waals surface area contributed by atoms with E-state index in [-0.39, 0.29) is 11.8 Å². The van der Waals surface area contributed by atoms with E-state index in [0.717, 1.165) is 93.8 Å². The van der Waals surface area contributed by atoms with Crippen LogP contribution in [0.4, 0.5) is 60.9 Å². The highest BCUT2D eigenvalue weighted by Crippen LogP contribution is 2.41. The maximum atomic E-state index is 13.5. The number of halogens is 6. The predicted molar refractivity (Wildman–Crippen MR) is 213 cm³/mol. The van der Waals surface area contributed by atoms with Gasteiger partial charge in [0.2, 0.25) is 11.5 Å². The fraction of sp³-hybridized carbons (Fsp3) is 0.333. The van der Waals surface area contributed by atoms with Crippen LogP contribution in [0.1, 0.15) is 67.6 Å². The largest absolute Gasteiger partial charge is 0.449 e. The molecule has 2 bridgehead atoms. The van der Waals surface area contributed by atoms with Crippen molar-refractivity contribution in [2.45, 2.75) is 57.3 Å². The van der Waals surface area contributed by atoms with E-state index in [9.17, 15) is 26.3 Å². The van der Waals surface area contributed by atoms with E-state index in [2.05, 4.69) is 30.4 Å². The number of nitrogens with one attached hydrogen (secondary N) is 2. The Labute approximate surface area is 329 Å². The van der Waals surface area contributed by atoms with E-state index >= 15 is 0 Å². The minimum Gasteiger partial charge on any atom is -0.436 e. The zero-order valence-electron chi connectivity index (χ0n) is 31.1. The van der Waals surface area contributed by atoms with E-state index in [1.54, 1.807) is 0 Å². The lowest BCUT2D eigenvalue weighted by atomic mass is 9.96. The molecule has 0 amide bonds. The highest BCUT2D eigenvalue weighted by molar-refractivity contribution is 6.24. The lowest BCUT2D eigenvalue weighted by Gasteiger charge is -2.29. The van der Waals surface area contributed by atoms with E-state index in [0.29, 0.717) is 52.0 Å². The fourth-order valence-electron chi connectivity index (χ4n) is 7.97. The Morgan fingerprint density at radius 2 is 1.16 bits per heavy atom. The second-order valence-electron chi connectivity index (χ2n) is 14.8. The van der Waals surface area contributed by atoms with Crippen molar-refractivity contribution < 1.29 is 35.2 Å². The number of piperidine rings is 2. The molecule has 58 heavy (non-hydrogen) atoms. The second-order valence-corrected chi connectivity index (χ2v) is 14.8. The van der Waals surface area contributed by atoms with Gasteiger partial charge in [0, 0.05) is 60.8 Å². The molecule has 1 unspecified atom stereocenters. The molecular weight excluding hydrogens is 763 g/mol. The molecule has 2 aromatic heterocycles. The molecule has 2 fully saturated rings. The number of anilines is 6. The third-order valence-corrected chi connectivity index (χ3v) is 10.8. The second kappa shape index (κ2) is 15.0. The zero-order chi connectivity index (χ0) is 40.0. The van der Waals surface area contributed by atoms with Crippen molar-refractivity contribution in [3.05, 3.63) is 101 Å². The van der Waals surface area contributed by atoms with E-state index in [1.807, 2.05) is 48.6 Å². The summed E-state index contributed by atoms with van der Waals surface area (Å²) >= 11 is 0. The Morgan fingerprint density at radius 3 is 1.71 bits per heavy atom. The van der Waals surface area contributed by atoms with Crippen LogP contribution in [0.3, 0.4) is 0 Å². The number of rotatable bonds is 8. The van der Waals surface area contributed by atoms with Gasteiger partial charge in [0.05, 0.1) is 28.7 Å². The van der Waals surface area contributed by atoms with Gasteiger partial charge in [-0.05, 0) is 111 Å². The van der Waals surface area contributed by atoms with Crippen LogP contribution >= 0.6 is 0 Å². The molecule has 0 spiro atoms. The van der Waals surface area contributed by atoms with Crippen molar-refractivity contribution in [2.24, 2.45) is 25.9 Å². The number of amidine groups is 2. The Morgan fingerprint density at radius 1 is 0.603 bits per heavy atom. The van der Waals surface area contributed by atoms with Crippen LogP contribution < -0.4 is 20.4 Å². The minimum absolute atomic E-state index is 0.0764. The van der Waals surface area contributed by atoms with Crippen LogP contribution in [0.25, 0.3) is 5.70 Å². The number of nitrogens with zero attached hydrogens (tertiary/aromatic N) is 6. The molecule has 2 aromatic carbocycles. The van der Waals surface area contributed by atoms with E-state index in [1.165, 1.54) is 18.5 Å². The molecule has 2 saturated heterocycles. The molecule has 9 rings (SSSR count). The number of hydrogen-bond donors (Lipinski definition) is 2. The monoisotopic (exact) mass is 800 g/mol. The number of alkyl halides is 6. The number of furan rings is 2. The van der Waals surface area contributed by atoms with Gasteiger partial charge >= 0.3 is 12.4 Å². The number of aliphatic imine (C=N–C) groups is 4. The van der Waals surface area contributed by atoms with Gasteiger partial charge < -0.3 is 29.3 Å². The van der Waals surface area contributed by atoms with Crippen LogP contribution in [-0.4, -0.2) is 49.9 Å². The molecule has 2 N–H and O–H groups in total. The van der Waals surface area contributed by atoms with Crippen LogP contribution in [0.15, 0.2) is 107 Å². The van der Waals surface area contributed by atoms with Crippen LogP contribution in [0, 0.1) is 5.92 Å². The van der Waals surface area contributed by atoms with Crippen molar-refractivity contribution in [1.82, 2.24) is 0 Å². The van der Waals surface area contributed by atoms with E-state index < -0.39 is 29.8 Å². The summed E-state index contributed by atoms with van der Waals surface area (Å²) in [5.74, 6) is -1.89. The van der Waals surface area contributed by atoms with Crippen molar-refractivity contribution in [3.63, 3.8) is 0 Å². The summed E-state index contributed by atoms with van der Waals surface area (Å²) in [6.45, 7) is 3.43. The van der Waals surface area contributed by atoms with Crippen molar-refractivity contribution in [1.29, 1.82) is 0 Å². The van der Waals surface area contributed by atoms with Gasteiger partial charge in [-0.15, -0.1) is 0 Å². The molecule has 5 aliphatic heterocycles. The fourth-order valence-corrected chi connectivity index (χ4v) is 7.97. The third-order valence-electron chi connectivity index (χ3n) is 10.8. The molecular formula is C42H38F6N8O2. The van der Waals surface area contributed by atoms with Crippen LogP contribution in [0.5, 0.6) is 0 Å². The average molecular weight is 801 g/mol. The molecule has 0 saturated carbocycles. The van der Waals surface area contributed by atoms with Crippen LogP contribution in [0.2, 0.25) is 0 Å². The first-order valence-electron chi connectivity index (χ1n) is 19.3. The molecule has 4 aromatic rings. The van der Waals surface area contributed by atoms with Gasteiger partial charge in [0.1, 0.15) is 18.0 Å². The van der Waals surface area contributed by atoms with Crippen molar-refractivity contribution >= 4 is 63.9 Å². The first kappa shape index (κ1) is 37.5. The highest BCUT2D eigenvalue weighted by atomic mass is 19.4. The van der Waals surface area contributed by atoms with Gasteiger partial charge in [-0.25, -0.2) is 20.0 Å². The molecule has 1 atom stereocenters. The third kappa shape index (κ3) is 7.79. The topological polar surface area (TPSA) is 106 Å². The molecule has 300 valence electrons. The molecule has 16 heteroatoms. The first-order valence-corrected chi connectivity index (χ1v) is 19.3. The average Bonchev–Trinajstić information content (AvgIpc) is 3.81. The van der Waals surface area contributed by atoms with Gasteiger partial charge in [0.15, 0.2) is 11.8 Å². The number of fused-ring (bicyclic) bond motifs is 1.